The predicted octanol–water partition coefficient (Wildman–Crippen LogP) is 3.14. The van der Waals surface area contributed by atoms with E-state index < -0.39 is 0 Å². The monoisotopic (exact) mass is 642 g/mol. The van der Waals surface area contributed by atoms with Gasteiger partial charge in [-0.25, -0.2) is 24.3 Å². The first kappa shape index (κ1) is 37.4. The first-order chi connectivity index (χ1) is 17.9. The Labute approximate surface area is 286 Å². The van der Waals surface area contributed by atoms with Crippen molar-refractivity contribution < 1.29 is 68.2 Å². The van der Waals surface area contributed by atoms with Gasteiger partial charge in [-0.2, -0.15) is 93.0 Å². The molecule has 0 spiro atoms. The number of hydrogen-bond acceptors (Lipinski definition) is 0. The zero-order valence-corrected chi connectivity index (χ0v) is 28.6. The number of aryl methyl sites for hydroxylation is 8. The maximum Gasteiger partial charge on any atom is 2.00 e. The van der Waals surface area contributed by atoms with E-state index in [2.05, 4.69) is 72.8 Å². The van der Waals surface area contributed by atoms with Crippen molar-refractivity contribution >= 4 is 0 Å². The molecule has 0 aliphatic heterocycles. The van der Waals surface area contributed by atoms with Gasteiger partial charge >= 0.3 is 43.4 Å². The summed E-state index contributed by atoms with van der Waals surface area (Å²) in [4.78, 5) is 0. The fourth-order valence-electron chi connectivity index (χ4n) is 6.45. The van der Waals surface area contributed by atoms with Gasteiger partial charge in [-0.1, -0.05) is 103 Å². The molecule has 0 bridgehead atoms. The van der Waals surface area contributed by atoms with Crippen LogP contribution in [0.15, 0.2) is 72.8 Å². The third kappa shape index (κ3) is 10.9. The van der Waals surface area contributed by atoms with Crippen molar-refractivity contribution in [3.8, 4) is 0 Å². The molecule has 4 aromatic rings. The van der Waals surface area contributed by atoms with E-state index in [0.717, 1.165) is 0 Å². The largest absolute Gasteiger partial charge is 2.00 e. The molecule has 4 aliphatic rings. The zero-order valence-electron chi connectivity index (χ0n) is 24.0. The van der Waals surface area contributed by atoms with Crippen molar-refractivity contribution in [2.45, 2.75) is 103 Å². The van der Waals surface area contributed by atoms with Crippen LogP contribution in [0, 0.1) is 0 Å². The molecular weight excluding hydrogens is 599 g/mol. The molecule has 0 heterocycles. The van der Waals surface area contributed by atoms with Crippen LogP contribution in [0.25, 0.3) is 0 Å². The second-order valence-electron chi connectivity index (χ2n) is 11.1. The van der Waals surface area contributed by atoms with E-state index in [1.165, 1.54) is 103 Å². The molecule has 0 saturated carbocycles. The van der Waals surface area contributed by atoms with Crippen LogP contribution in [0.4, 0.5) is 0 Å². The molecule has 4 aliphatic carbocycles. The molecule has 4 aromatic carbocycles. The Hall–Kier alpha value is -0.591. The molecule has 0 nitrogen and oxygen atoms in total. The van der Waals surface area contributed by atoms with Crippen molar-refractivity contribution in [3.05, 3.63) is 117 Å². The first-order valence-corrected chi connectivity index (χ1v) is 14.8. The molecule has 0 amide bonds. The molecule has 40 heavy (non-hydrogen) atoms. The molecular formula is C36H44Cl2Ti2-2. The Morgan fingerprint density at radius 1 is 0.325 bits per heavy atom. The topological polar surface area (TPSA) is 0 Å². The zero-order chi connectivity index (χ0) is 24.4. The molecule has 0 N–H and O–H groups in total. The van der Waals surface area contributed by atoms with E-state index in [9.17, 15) is 0 Å². The molecule has 0 unspecified atom stereocenters. The molecule has 8 rings (SSSR count). The fraction of sp³-hybridized carbons (Fsp3) is 0.444. The van der Waals surface area contributed by atoms with Crippen LogP contribution in [0.2, 0.25) is 0 Å². The number of hydrogen-bond donors (Lipinski definition) is 0. The second kappa shape index (κ2) is 20.3. The van der Waals surface area contributed by atoms with Crippen LogP contribution in [0.3, 0.4) is 0 Å². The van der Waals surface area contributed by atoms with Gasteiger partial charge in [-0.05, 0) is 0 Å². The van der Waals surface area contributed by atoms with Crippen LogP contribution in [-0.2, 0) is 94.8 Å². The first-order valence-electron chi connectivity index (χ1n) is 14.8. The van der Waals surface area contributed by atoms with Crippen molar-refractivity contribution in [1.82, 2.24) is 0 Å². The minimum atomic E-state index is 0. The summed E-state index contributed by atoms with van der Waals surface area (Å²) in [7, 11) is 0. The third-order valence-corrected chi connectivity index (χ3v) is 8.60. The van der Waals surface area contributed by atoms with Crippen LogP contribution in [-0.4, -0.2) is 0 Å². The van der Waals surface area contributed by atoms with Crippen molar-refractivity contribution in [1.29, 1.82) is 0 Å². The second-order valence-corrected chi connectivity index (χ2v) is 11.1. The number of rotatable bonds is 0. The number of fused-ring (bicyclic) bond motifs is 4. The fourth-order valence-corrected chi connectivity index (χ4v) is 6.45. The van der Waals surface area contributed by atoms with Gasteiger partial charge in [0.2, 0.25) is 0 Å². The van der Waals surface area contributed by atoms with Gasteiger partial charge in [0.25, 0.3) is 0 Å². The SMILES string of the molecule is [Cl-].[Cl-].[Ti+2].[Ti+2].c1cc2c([cH-]1)CCCC2.c1cc2c([cH-]1)CCCC2.c1cc2c([cH-]1)CCCC2.c1cc2c([cH-]1)CCCC2. The van der Waals surface area contributed by atoms with Crippen molar-refractivity contribution in [2.24, 2.45) is 0 Å². The van der Waals surface area contributed by atoms with E-state index in [-0.39, 0.29) is 68.2 Å². The van der Waals surface area contributed by atoms with Gasteiger partial charge in [0.05, 0.1) is 0 Å². The van der Waals surface area contributed by atoms with Gasteiger partial charge in [0.1, 0.15) is 0 Å². The Morgan fingerprint density at radius 2 is 0.525 bits per heavy atom. The molecule has 0 atom stereocenters. The minimum Gasteiger partial charge on any atom is -1.00 e. The van der Waals surface area contributed by atoms with Gasteiger partial charge in [-0.3, -0.25) is 0 Å². The summed E-state index contributed by atoms with van der Waals surface area (Å²) in [5.74, 6) is 0. The average Bonchev–Trinajstić information content (AvgIpc) is 3.76. The summed E-state index contributed by atoms with van der Waals surface area (Å²) in [6.45, 7) is 0. The quantitative estimate of drug-likeness (QED) is 0.204. The van der Waals surface area contributed by atoms with Crippen LogP contribution >= 0.6 is 0 Å². The molecule has 0 fully saturated rings. The van der Waals surface area contributed by atoms with Gasteiger partial charge in [-0.15, -0.1) is 0 Å². The predicted molar refractivity (Wildman–Crippen MR) is 155 cm³/mol. The summed E-state index contributed by atoms with van der Waals surface area (Å²) in [6, 6.07) is 26.8. The van der Waals surface area contributed by atoms with E-state index in [1.807, 2.05) is 0 Å². The summed E-state index contributed by atoms with van der Waals surface area (Å²) in [5.41, 5.74) is 12.8. The van der Waals surface area contributed by atoms with Gasteiger partial charge in [0, 0.05) is 0 Å². The standard InChI is InChI=1S/4C9H11.2ClH.2Ti/c4*1-2-5-9-7-3-6-8(9)4-1;;;;/h4*3,6-7H,1-2,4-5H2;2*1H;;/q4*-1;;;2*+2/p-2. The summed E-state index contributed by atoms with van der Waals surface area (Å²) in [6.07, 6.45) is 21.8. The Morgan fingerprint density at radius 3 is 0.725 bits per heavy atom. The van der Waals surface area contributed by atoms with E-state index in [0.29, 0.717) is 0 Å². The van der Waals surface area contributed by atoms with Crippen molar-refractivity contribution in [3.63, 3.8) is 0 Å². The third-order valence-electron chi connectivity index (χ3n) is 8.60. The van der Waals surface area contributed by atoms with E-state index in [1.54, 1.807) is 44.5 Å². The molecule has 0 saturated heterocycles. The normalized spacial score (nSPS) is 15.6. The maximum atomic E-state index is 2.26. The minimum absolute atomic E-state index is 0. The smallest absolute Gasteiger partial charge is 1.00 e. The summed E-state index contributed by atoms with van der Waals surface area (Å²) in [5, 5.41) is 0. The van der Waals surface area contributed by atoms with Crippen LogP contribution in [0.1, 0.15) is 95.9 Å². The van der Waals surface area contributed by atoms with E-state index >= 15 is 0 Å². The average molecular weight is 643 g/mol. The Balaban J connectivity index is 0.000000258. The molecule has 4 heteroatoms. The summed E-state index contributed by atoms with van der Waals surface area (Å²) < 4.78 is 0. The molecule has 0 aromatic heterocycles. The van der Waals surface area contributed by atoms with E-state index in [4.69, 9.17) is 0 Å². The van der Waals surface area contributed by atoms with Crippen LogP contribution < -0.4 is 24.8 Å². The van der Waals surface area contributed by atoms with Gasteiger partial charge < -0.3 is 24.8 Å². The number of halogens is 2. The van der Waals surface area contributed by atoms with Crippen LogP contribution in [0.5, 0.6) is 0 Å². The van der Waals surface area contributed by atoms with Gasteiger partial charge in [0.15, 0.2) is 0 Å². The Bertz CT molecular complexity index is 908. The summed E-state index contributed by atoms with van der Waals surface area (Å²) >= 11 is 0. The molecule has 212 valence electrons. The van der Waals surface area contributed by atoms with Crippen molar-refractivity contribution in [2.75, 3.05) is 0 Å². The maximum absolute atomic E-state index is 2.26. The Kier molecular flexibility index (Phi) is 19.0. The molecule has 0 radical (unpaired) electrons.